The number of aromatic nitrogens is 3. The second-order valence-electron chi connectivity index (χ2n) is 3.93. The van der Waals surface area contributed by atoms with Gasteiger partial charge >= 0.3 is 0 Å². The first-order valence-electron chi connectivity index (χ1n) is 5.57. The summed E-state index contributed by atoms with van der Waals surface area (Å²) in [5.41, 5.74) is 2.13. The van der Waals surface area contributed by atoms with Gasteiger partial charge in [-0.1, -0.05) is 17.7 Å². The molecule has 0 aliphatic heterocycles. The highest BCUT2D eigenvalue weighted by atomic mass is 35.5. The van der Waals surface area contributed by atoms with Crippen molar-refractivity contribution in [3.63, 3.8) is 0 Å². The molecule has 0 aliphatic carbocycles. The fourth-order valence-corrected chi connectivity index (χ4v) is 4.02. The van der Waals surface area contributed by atoms with E-state index in [0.29, 0.717) is 5.65 Å². The van der Waals surface area contributed by atoms with Crippen LogP contribution in [0.5, 0.6) is 0 Å². The number of pyridine rings is 1. The summed E-state index contributed by atoms with van der Waals surface area (Å²) in [6.07, 6.45) is 3.22. The predicted octanol–water partition coefficient (Wildman–Crippen LogP) is 1.92. The quantitative estimate of drug-likeness (QED) is 0.794. The maximum absolute atomic E-state index is 12.4. The van der Waals surface area contributed by atoms with Crippen molar-refractivity contribution in [2.24, 2.45) is 0 Å². The average molecular weight is 329 g/mol. The second kappa shape index (κ2) is 5.13. The average Bonchev–Trinajstić information content (AvgIpc) is 3.02. The molecule has 0 fully saturated rings. The molecule has 3 rings (SSSR count). The van der Waals surface area contributed by atoms with E-state index >= 15 is 0 Å². The Kier molecular flexibility index (Phi) is 3.47. The van der Waals surface area contributed by atoms with Crippen molar-refractivity contribution in [3.8, 4) is 0 Å². The number of nitrogens with zero attached hydrogens (tertiary/aromatic N) is 3. The molecular formula is C11H9ClN4O2S2. The number of halogens is 1. The van der Waals surface area contributed by atoms with Crippen LogP contribution in [0.1, 0.15) is 4.88 Å². The standard InChI is InChI=1S/C11H9ClN4O2S2/c12-10-11(16-4-2-1-3-9(16)15-10)20(17,18)14-6-8-5-13-7-19-8/h1-5,7,14H,6H2. The molecule has 6 nitrogen and oxygen atoms in total. The van der Waals surface area contributed by atoms with Crippen LogP contribution in [0.25, 0.3) is 5.65 Å². The van der Waals surface area contributed by atoms with Crippen LogP contribution in [0, 0.1) is 0 Å². The fourth-order valence-electron chi connectivity index (χ4n) is 1.75. The summed E-state index contributed by atoms with van der Waals surface area (Å²) >= 11 is 7.33. The molecule has 0 spiro atoms. The minimum atomic E-state index is -3.75. The molecule has 20 heavy (non-hydrogen) atoms. The molecular weight excluding hydrogens is 320 g/mol. The Morgan fingerprint density at radius 3 is 3.00 bits per heavy atom. The van der Waals surface area contributed by atoms with Gasteiger partial charge in [0.2, 0.25) is 0 Å². The Bertz CT molecular complexity index is 843. The van der Waals surface area contributed by atoms with Crippen LogP contribution in [0.4, 0.5) is 0 Å². The lowest BCUT2D eigenvalue weighted by molar-refractivity contribution is 0.577. The monoisotopic (exact) mass is 328 g/mol. The Morgan fingerprint density at radius 2 is 2.25 bits per heavy atom. The van der Waals surface area contributed by atoms with Gasteiger partial charge in [0.05, 0.1) is 5.51 Å². The molecule has 0 saturated heterocycles. The highest BCUT2D eigenvalue weighted by Crippen LogP contribution is 2.22. The molecule has 104 valence electrons. The molecule has 3 aromatic heterocycles. The van der Waals surface area contributed by atoms with Gasteiger partial charge in [-0.15, -0.1) is 11.3 Å². The summed E-state index contributed by atoms with van der Waals surface area (Å²) in [6.45, 7) is 0.170. The van der Waals surface area contributed by atoms with Crippen molar-refractivity contribution in [3.05, 3.63) is 46.1 Å². The number of hydrogen-bond acceptors (Lipinski definition) is 5. The number of imidazole rings is 1. The van der Waals surface area contributed by atoms with Gasteiger partial charge < -0.3 is 0 Å². The summed E-state index contributed by atoms with van der Waals surface area (Å²) in [4.78, 5) is 8.74. The van der Waals surface area contributed by atoms with Crippen LogP contribution in [0.2, 0.25) is 5.15 Å². The Hall–Kier alpha value is -1.48. The fraction of sp³-hybridized carbons (Fsp3) is 0.0909. The number of nitrogens with one attached hydrogen (secondary N) is 1. The van der Waals surface area contributed by atoms with Gasteiger partial charge in [-0.3, -0.25) is 9.38 Å². The van der Waals surface area contributed by atoms with E-state index in [1.807, 2.05) is 0 Å². The lowest BCUT2D eigenvalue weighted by atomic mass is 10.5. The van der Waals surface area contributed by atoms with Crippen molar-refractivity contribution in [1.29, 1.82) is 0 Å². The summed E-state index contributed by atoms with van der Waals surface area (Å²) in [5, 5.41) is -0.104. The maximum atomic E-state index is 12.4. The zero-order valence-corrected chi connectivity index (χ0v) is 12.4. The Labute approximate surface area is 124 Å². The molecule has 0 bridgehead atoms. The first-order valence-corrected chi connectivity index (χ1v) is 8.31. The molecule has 9 heteroatoms. The normalized spacial score (nSPS) is 12.1. The smallest absolute Gasteiger partial charge is 0.260 e. The second-order valence-corrected chi connectivity index (χ2v) is 6.94. The van der Waals surface area contributed by atoms with Crippen LogP contribution < -0.4 is 4.72 Å². The maximum Gasteiger partial charge on any atom is 0.260 e. The van der Waals surface area contributed by atoms with Crippen LogP contribution >= 0.6 is 22.9 Å². The van der Waals surface area contributed by atoms with E-state index in [9.17, 15) is 8.42 Å². The van der Waals surface area contributed by atoms with Gasteiger partial charge in [0.25, 0.3) is 10.0 Å². The van der Waals surface area contributed by atoms with Crippen LogP contribution in [-0.2, 0) is 16.6 Å². The minimum absolute atomic E-state index is 0.0481. The van der Waals surface area contributed by atoms with Gasteiger partial charge in [0, 0.05) is 23.8 Å². The van der Waals surface area contributed by atoms with Gasteiger partial charge in [0.1, 0.15) is 5.65 Å². The Balaban J connectivity index is 1.98. The number of sulfonamides is 1. The highest BCUT2D eigenvalue weighted by molar-refractivity contribution is 7.89. The van der Waals surface area contributed by atoms with Crippen LogP contribution in [0.15, 0.2) is 41.1 Å². The van der Waals surface area contributed by atoms with Crippen molar-refractivity contribution in [2.45, 2.75) is 11.6 Å². The van der Waals surface area contributed by atoms with E-state index < -0.39 is 10.0 Å². The first kappa shape index (κ1) is 13.5. The van der Waals surface area contributed by atoms with Gasteiger partial charge in [-0.25, -0.2) is 18.1 Å². The Morgan fingerprint density at radius 1 is 1.40 bits per heavy atom. The number of rotatable bonds is 4. The molecule has 0 unspecified atom stereocenters. The van der Waals surface area contributed by atoms with E-state index in [0.717, 1.165) is 4.88 Å². The van der Waals surface area contributed by atoms with E-state index in [1.165, 1.54) is 15.7 Å². The lowest BCUT2D eigenvalue weighted by Gasteiger charge is -2.05. The molecule has 0 amide bonds. The first-order chi connectivity index (χ1) is 9.58. The number of thiazole rings is 1. The van der Waals surface area contributed by atoms with Crippen molar-refractivity contribution in [1.82, 2.24) is 19.1 Å². The van der Waals surface area contributed by atoms with E-state index in [2.05, 4.69) is 14.7 Å². The molecule has 1 N–H and O–H groups in total. The summed E-state index contributed by atoms with van der Waals surface area (Å²) in [5.74, 6) is 0. The highest BCUT2D eigenvalue weighted by Gasteiger charge is 2.24. The van der Waals surface area contributed by atoms with Gasteiger partial charge in [-0.05, 0) is 12.1 Å². The third-order valence-electron chi connectivity index (χ3n) is 2.62. The SMILES string of the molecule is O=S(=O)(NCc1cncs1)c1c(Cl)nc2ccccn12. The molecule has 3 aromatic rings. The van der Waals surface area contributed by atoms with Gasteiger partial charge in [-0.2, -0.15) is 0 Å². The zero-order chi connectivity index (χ0) is 14.2. The third-order valence-corrected chi connectivity index (χ3v) is 5.20. The van der Waals surface area contributed by atoms with Crippen LogP contribution in [0.3, 0.4) is 0 Å². The number of fused-ring (bicyclic) bond motifs is 1. The topological polar surface area (TPSA) is 76.4 Å². The zero-order valence-electron chi connectivity index (χ0n) is 10.0. The molecule has 3 heterocycles. The summed E-state index contributed by atoms with van der Waals surface area (Å²) in [6, 6.07) is 5.17. The van der Waals surface area contributed by atoms with Gasteiger partial charge in [0.15, 0.2) is 10.2 Å². The molecule has 0 aromatic carbocycles. The number of hydrogen-bond donors (Lipinski definition) is 1. The van der Waals surface area contributed by atoms with E-state index in [1.54, 1.807) is 36.1 Å². The minimum Gasteiger partial charge on any atom is -0.288 e. The van der Waals surface area contributed by atoms with Crippen molar-refractivity contribution < 1.29 is 8.42 Å². The largest absolute Gasteiger partial charge is 0.288 e. The van der Waals surface area contributed by atoms with E-state index in [-0.39, 0.29) is 16.7 Å². The molecule has 0 atom stereocenters. The summed E-state index contributed by atoms with van der Waals surface area (Å²) in [7, 11) is -3.75. The van der Waals surface area contributed by atoms with Crippen molar-refractivity contribution >= 4 is 38.6 Å². The molecule has 0 radical (unpaired) electrons. The van der Waals surface area contributed by atoms with Crippen LogP contribution in [-0.4, -0.2) is 22.8 Å². The predicted molar refractivity (Wildman–Crippen MR) is 76.3 cm³/mol. The van der Waals surface area contributed by atoms with Crippen molar-refractivity contribution in [2.75, 3.05) is 0 Å². The summed E-state index contributed by atoms with van der Waals surface area (Å²) < 4.78 is 28.6. The third kappa shape index (κ3) is 2.42. The van der Waals surface area contributed by atoms with E-state index in [4.69, 9.17) is 11.6 Å². The lowest BCUT2D eigenvalue weighted by Crippen LogP contribution is -2.24. The molecule has 0 saturated carbocycles. The molecule has 0 aliphatic rings.